The third-order valence-corrected chi connectivity index (χ3v) is 5.75. The van der Waals surface area contributed by atoms with Gasteiger partial charge in [-0.25, -0.2) is 0 Å². The number of aromatic nitrogens is 1. The lowest BCUT2D eigenvalue weighted by molar-refractivity contribution is -0.137. The number of halogens is 3. The van der Waals surface area contributed by atoms with Crippen LogP contribution in [-0.2, 0) is 6.18 Å². The molecule has 3 nitrogen and oxygen atoms in total. The van der Waals surface area contributed by atoms with Gasteiger partial charge in [-0.3, -0.25) is 4.79 Å². The van der Waals surface area contributed by atoms with Crippen LogP contribution < -0.4 is 5.32 Å². The molecule has 0 bridgehead atoms. The maximum atomic E-state index is 13.5. The molecule has 0 radical (unpaired) electrons. The molecule has 4 aromatic rings. The second-order valence-electron chi connectivity index (χ2n) is 7.94. The highest BCUT2D eigenvalue weighted by atomic mass is 19.4. The summed E-state index contributed by atoms with van der Waals surface area (Å²) in [6.45, 7) is 5.25. The van der Waals surface area contributed by atoms with E-state index in [1.165, 1.54) is 16.7 Å². The number of rotatable bonds is 4. The molecule has 1 amide bonds. The van der Waals surface area contributed by atoms with Crippen molar-refractivity contribution in [2.45, 2.75) is 33.0 Å². The Morgan fingerprint density at radius 3 is 2.28 bits per heavy atom. The summed E-state index contributed by atoms with van der Waals surface area (Å²) in [5, 5.41) is 5.17. The van der Waals surface area contributed by atoms with Gasteiger partial charge in [-0.2, -0.15) is 13.2 Å². The second-order valence-corrected chi connectivity index (χ2v) is 7.94. The number of benzene rings is 3. The Morgan fingerprint density at radius 1 is 0.906 bits per heavy atom. The molecule has 0 unspecified atom stereocenters. The molecule has 1 atom stereocenters. The summed E-state index contributed by atoms with van der Waals surface area (Å²) < 4.78 is 42.1. The zero-order valence-corrected chi connectivity index (χ0v) is 18.0. The van der Waals surface area contributed by atoms with Crippen molar-refractivity contribution in [3.63, 3.8) is 0 Å². The Bertz CT molecular complexity index is 1300. The van der Waals surface area contributed by atoms with Crippen LogP contribution in [0.5, 0.6) is 0 Å². The van der Waals surface area contributed by atoms with Crippen molar-refractivity contribution in [3.8, 4) is 5.69 Å². The Hall–Kier alpha value is -3.54. The maximum Gasteiger partial charge on any atom is 0.418 e. The number of hydrogen-bond donors (Lipinski definition) is 1. The first-order valence-electron chi connectivity index (χ1n) is 10.3. The minimum absolute atomic E-state index is 0.0108. The van der Waals surface area contributed by atoms with E-state index in [0.29, 0.717) is 17.0 Å². The van der Waals surface area contributed by atoms with E-state index < -0.39 is 11.7 Å². The largest absolute Gasteiger partial charge is 0.418 e. The number of aryl methyl sites for hydroxylation is 1. The van der Waals surface area contributed by atoms with Crippen molar-refractivity contribution >= 4 is 16.7 Å². The molecule has 6 heteroatoms. The van der Waals surface area contributed by atoms with Crippen LogP contribution in [0, 0.1) is 13.8 Å². The van der Waals surface area contributed by atoms with Gasteiger partial charge in [0.2, 0.25) is 0 Å². The summed E-state index contributed by atoms with van der Waals surface area (Å²) in [6, 6.07) is 20.7. The van der Waals surface area contributed by atoms with Crippen LogP contribution in [0.1, 0.15) is 45.8 Å². The molecule has 0 saturated carbocycles. The number of alkyl halides is 3. The van der Waals surface area contributed by atoms with E-state index in [0.717, 1.165) is 22.4 Å². The van der Waals surface area contributed by atoms with E-state index >= 15 is 0 Å². The van der Waals surface area contributed by atoms with Crippen LogP contribution in [0.3, 0.4) is 0 Å². The van der Waals surface area contributed by atoms with Crippen molar-refractivity contribution in [3.05, 3.63) is 101 Å². The number of amides is 1. The molecule has 1 N–H and O–H groups in total. The number of carbonyl (C=O) groups excluding carboxylic acids is 1. The SMILES string of the molecule is Cc1cc(C(=O)N[C@H](C)c2ccc3ccccc3c2)c(C)n1-c1ccccc1C(F)(F)F. The van der Waals surface area contributed by atoms with Crippen LogP contribution in [-0.4, -0.2) is 10.5 Å². The average molecular weight is 436 g/mol. The van der Waals surface area contributed by atoms with Gasteiger partial charge in [-0.05, 0) is 61.4 Å². The van der Waals surface area contributed by atoms with Crippen molar-refractivity contribution < 1.29 is 18.0 Å². The zero-order chi connectivity index (χ0) is 23.0. The van der Waals surface area contributed by atoms with E-state index in [-0.39, 0.29) is 17.6 Å². The second kappa shape index (κ2) is 8.19. The van der Waals surface area contributed by atoms with Crippen LogP contribution in [0.15, 0.2) is 72.8 Å². The predicted octanol–water partition coefficient (Wildman–Crippen LogP) is 6.76. The van der Waals surface area contributed by atoms with Crippen molar-refractivity contribution in [2.24, 2.45) is 0 Å². The third kappa shape index (κ3) is 4.00. The lowest BCUT2D eigenvalue weighted by atomic mass is 10.0. The van der Waals surface area contributed by atoms with Gasteiger partial charge in [0, 0.05) is 11.4 Å². The molecule has 0 saturated heterocycles. The lowest BCUT2D eigenvalue weighted by Crippen LogP contribution is -2.27. The Labute approximate surface area is 184 Å². The Morgan fingerprint density at radius 2 is 1.56 bits per heavy atom. The molecule has 3 aromatic carbocycles. The Balaban J connectivity index is 1.64. The van der Waals surface area contributed by atoms with Crippen LogP contribution >= 0.6 is 0 Å². The van der Waals surface area contributed by atoms with Crippen molar-refractivity contribution in [1.82, 2.24) is 9.88 Å². The van der Waals surface area contributed by atoms with E-state index in [1.54, 1.807) is 26.0 Å². The predicted molar refractivity (Wildman–Crippen MR) is 120 cm³/mol. The fourth-order valence-corrected chi connectivity index (χ4v) is 4.11. The van der Waals surface area contributed by atoms with E-state index in [1.807, 2.05) is 49.4 Å². The fraction of sp³-hybridized carbons (Fsp3) is 0.192. The van der Waals surface area contributed by atoms with Gasteiger partial charge in [-0.15, -0.1) is 0 Å². The molecule has 0 aliphatic carbocycles. The first-order valence-corrected chi connectivity index (χ1v) is 10.3. The summed E-state index contributed by atoms with van der Waals surface area (Å²) in [5.74, 6) is -0.325. The fourth-order valence-electron chi connectivity index (χ4n) is 4.11. The molecule has 164 valence electrons. The highest BCUT2D eigenvalue weighted by Crippen LogP contribution is 2.35. The van der Waals surface area contributed by atoms with E-state index in [4.69, 9.17) is 0 Å². The number of nitrogens with zero attached hydrogens (tertiary/aromatic N) is 1. The molecule has 32 heavy (non-hydrogen) atoms. The topological polar surface area (TPSA) is 34.0 Å². The number of para-hydroxylation sites is 1. The minimum atomic E-state index is -4.49. The molecule has 1 aromatic heterocycles. The molecule has 4 rings (SSSR count). The highest BCUT2D eigenvalue weighted by Gasteiger charge is 2.34. The number of fused-ring (bicyclic) bond motifs is 1. The molecule has 0 fully saturated rings. The highest BCUT2D eigenvalue weighted by molar-refractivity contribution is 5.96. The normalized spacial score (nSPS) is 12.7. The van der Waals surface area contributed by atoms with Gasteiger partial charge in [0.1, 0.15) is 0 Å². The first kappa shape index (κ1) is 21.7. The molecular formula is C26H23F3N2O. The summed E-state index contributed by atoms with van der Waals surface area (Å²) >= 11 is 0. The standard InChI is InChI=1S/C26H23F3N2O/c1-16-14-22(18(3)31(16)24-11-7-6-10-23(24)26(27,28)29)25(32)30-17(2)20-13-12-19-8-4-5-9-21(19)15-20/h4-15,17H,1-3H3,(H,30,32)/t17-/m1/s1. The van der Waals surface area contributed by atoms with Gasteiger partial charge in [0.25, 0.3) is 5.91 Å². The van der Waals surface area contributed by atoms with Gasteiger partial charge >= 0.3 is 6.18 Å². The van der Waals surface area contributed by atoms with E-state index in [2.05, 4.69) is 5.32 Å². The lowest BCUT2D eigenvalue weighted by Gasteiger charge is -2.17. The number of nitrogens with one attached hydrogen (secondary N) is 1. The molecule has 0 spiro atoms. The number of hydrogen-bond acceptors (Lipinski definition) is 1. The summed E-state index contributed by atoms with van der Waals surface area (Å²) in [6.07, 6.45) is -4.49. The molecular weight excluding hydrogens is 413 g/mol. The molecule has 0 aliphatic rings. The maximum absolute atomic E-state index is 13.5. The Kier molecular flexibility index (Phi) is 5.55. The summed E-state index contributed by atoms with van der Waals surface area (Å²) in [4.78, 5) is 13.0. The summed E-state index contributed by atoms with van der Waals surface area (Å²) in [5.41, 5.74) is 1.60. The quantitative estimate of drug-likeness (QED) is 0.377. The molecule has 1 heterocycles. The average Bonchev–Trinajstić information content (AvgIpc) is 3.06. The van der Waals surface area contributed by atoms with E-state index in [9.17, 15) is 18.0 Å². The van der Waals surface area contributed by atoms with Gasteiger partial charge in [-0.1, -0.05) is 48.5 Å². The van der Waals surface area contributed by atoms with Gasteiger partial charge in [0.15, 0.2) is 0 Å². The number of carbonyl (C=O) groups is 1. The van der Waals surface area contributed by atoms with Crippen LogP contribution in [0.2, 0.25) is 0 Å². The monoisotopic (exact) mass is 436 g/mol. The van der Waals surface area contributed by atoms with Crippen LogP contribution in [0.25, 0.3) is 16.5 Å². The third-order valence-electron chi connectivity index (χ3n) is 5.75. The smallest absolute Gasteiger partial charge is 0.345 e. The van der Waals surface area contributed by atoms with Gasteiger partial charge in [0.05, 0.1) is 22.9 Å². The minimum Gasteiger partial charge on any atom is -0.345 e. The van der Waals surface area contributed by atoms with Crippen molar-refractivity contribution in [2.75, 3.05) is 0 Å². The summed E-state index contributed by atoms with van der Waals surface area (Å²) in [7, 11) is 0. The first-order chi connectivity index (χ1) is 15.2. The van der Waals surface area contributed by atoms with Crippen molar-refractivity contribution in [1.29, 1.82) is 0 Å². The van der Waals surface area contributed by atoms with Gasteiger partial charge < -0.3 is 9.88 Å². The molecule has 0 aliphatic heterocycles. The van der Waals surface area contributed by atoms with Crippen LogP contribution in [0.4, 0.5) is 13.2 Å². The zero-order valence-electron chi connectivity index (χ0n) is 18.0.